The topological polar surface area (TPSA) is 136 Å². The summed E-state index contributed by atoms with van der Waals surface area (Å²) in [5.74, 6) is -1.30. The molecule has 4 aromatic rings. The summed E-state index contributed by atoms with van der Waals surface area (Å²) in [5, 5.41) is 2.62. The lowest BCUT2D eigenvalue weighted by Crippen LogP contribution is -2.37. The highest BCUT2D eigenvalue weighted by atomic mass is 32.2. The number of nitrogens with zero attached hydrogens (tertiary/aromatic N) is 5. The smallest absolute Gasteiger partial charge is 0.286 e. The molecule has 0 bridgehead atoms. The number of halogens is 2. The Kier molecular flexibility index (Phi) is 7.11. The van der Waals surface area contributed by atoms with Gasteiger partial charge in [0.2, 0.25) is 10.0 Å². The molecular formula is C31H26F2N6O5S. The van der Waals surface area contributed by atoms with Gasteiger partial charge >= 0.3 is 0 Å². The maximum atomic E-state index is 13.9. The number of ether oxygens (including phenoxy) is 1. The fourth-order valence-corrected chi connectivity index (χ4v) is 5.98. The molecule has 0 fully saturated rings. The molecule has 0 spiro atoms. The maximum Gasteiger partial charge on any atom is 0.286 e. The highest BCUT2D eigenvalue weighted by molar-refractivity contribution is 7.88. The van der Waals surface area contributed by atoms with Crippen LogP contribution in [-0.4, -0.2) is 64.1 Å². The van der Waals surface area contributed by atoms with Crippen molar-refractivity contribution < 1.29 is 26.7 Å². The van der Waals surface area contributed by atoms with E-state index in [9.17, 15) is 26.8 Å². The minimum atomic E-state index is -3.81. The van der Waals surface area contributed by atoms with Crippen molar-refractivity contribution in [3.8, 4) is 5.69 Å². The van der Waals surface area contributed by atoms with Gasteiger partial charge in [0.25, 0.3) is 11.5 Å². The molecule has 2 aliphatic rings. The minimum Gasteiger partial charge on any atom is -0.481 e. The number of hydrogen-bond donors (Lipinski definition) is 1. The third-order valence-electron chi connectivity index (χ3n) is 7.77. The number of rotatable bonds is 6. The number of allylic oxidation sites excluding steroid dienone is 2. The molecule has 11 nitrogen and oxygen atoms in total. The zero-order valence-electron chi connectivity index (χ0n) is 24.5. The van der Waals surface area contributed by atoms with Crippen molar-refractivity contribution in [1.82, 2.24) is 29.1 Å². The SMILES string of the molecule is CNC(=O)C1=C(c2ccc(F)cc2)OC2(C)CC(N(C)S(C)(=O)=O)=C(c3cnc4ncn(-c5cccc(F)c5)c(=O)c4n3)C=C12. The molecule has 1 unspecified atom stereocenters. The summed E-state index contributed by atoms with van der Waals surface area (Å²) in [7, 11) is -0.969. The summed E-state index contributed by atoms with van der Waals surface area (Å²) >= 11 is 0. The molecule has 0 saturated heterocycles. The lowest BCUT2D eigenvalue weighted by atomic mass is 9.80. The number of amides is 1. The number of nitrogens with one attached hydrogen (secondary N) is 1. The number of benzene rings is 2. The van der Waals surface area contributed by atoms with Crippen LogP contribution in [0.25, 0.3) is 28.2 Å². The minimum absolute atomic E-state index is 0.0246. The number of hydrogen-bond acceptors (Lipinski definition) is 8. The Morgan fingerprint density at radius 1 is 1.11 bits per heavy atom. The van der Waals surface area contributed by atoms with Crippen LogP contribution in [0.15, 0.2) is 88.8 Å². The zero-order valence-corrected chi connectivity index (χ0v) is 25.3. The number of aromatic nitrogens is 4. The van der Waals surface area contributed by atoms with Crippen molar-refractivity contribution in [2.24, 2.45) is 0 Å². The van der Waals surface area contributed by atoms with Gasteiger partial charge in [0.15, 0.2) is 11.2 Å². The van der Waals surface area contributed by atoms with Crippen molar-refractivity contribution >= 4 is 38.4 Å². The molecule has 14 heteroatoms. The largest absolute Gasteiger partial charge is 0.481 e. The van der Waals surface area contributed by atoms with Crippen LogP contribution in [0.1, 0.15) is 24.6 Å². The normalized spacial score (nSPS) is 18.0. The molecule has 6 rings (SSSR count). The third-order valence-corrected chi connectivity index (χ3v) is 8.98. The molecule has 2 aromatic heterocycles. The number of carbonyl (C=O) groups is 1. The van der Waals surface area contributed by atoms with Gasteiger partial charge in [-0.05, 0) is 55.5 Å². The average Bonchev–Trinajstić information content (AvgIpc) is 3.31. The van der Waals surface area contributed by atoms with Gasteiger partial charge in [0.1, 0.15) is 29.3 Å². The van der Waals surface area contributed by atoms with E-state index in [1.807, 2.05) is 0 Å². The zero-order chi connectivity index (χ0) is 32.3. The van der Waals surface area contributed by atoms with E-state index in [0.717, 1.165) is 15.1 Å². The Bertz CT molecular complexity index is 2180. The van der Waals surface area contributed by atoms with E-state index in [1.165, 1.54) is 75.2 Å². The first-order valence-corrected chi connectivity index (χ1v) is 15.5. The number of fused-ring (bicyclic) bond motifs is 2. The first kappa shape index (κ1) is 29.8. The van der Waals surface area contributed by atoms with E-state index >= 15 is 0 Å². The second kappa shape index (κ2) is 10.7. The van der Waals surface area contributed by atoms with Crippen LogP contribution in [0.3, 0.4) is 0 Å². The molecule has 0 radical (unpaired) electrons. The van der Waals surface area contributed by atoms with Gasteiger partial charge in [-0.15, -0.1) is 0 Å². The predicted molar refractivity (Wildman–Crippen MR) is 162 cm³/mol. The van der Waals surface area contributed by atoms with Gasteiger partial charge in [-0.25, -0.2) is 32.2 Å². The van der Waals surface area contributed by atoms with Gasteiger partial charge in [-0.3, -0.25) is 18.5 Å². The fourth-order valence-electron chi connectivity index (χ4n) is 5.41. The molecule has 1 atom stereocenters. The van der Waals surface area contributed by atoms with Gasteiger partial charge in [0.05, 0.1) is 29.4 Å². The van der Waals surface area contributed by atoms with Crippen LogP contribution >= 0.6 is 0 Å². The van der Waals surface area contributed by atoms with E-state index in [2.05, 4.69) is 20.3 Å². The van der Waals surface area contributed by atoms with Gasteiger partial charge in [-0.2, -0.15) is 0 Å². The second-order valence-corrected chi connectivity index (χ2v) is 12.8. The first-order chi connectivity index (χ1) is 21.3. The Labute approximate surface area is 256 Å². The monoisotopic (exact) mass is 632 g/mol. The fraction of sp³-hybridized carbons (Fsp3) is 0.194. The van der Waals surface area contributed by atoms with Gasteiger partial charge in [0, 0.05) is 42.9 Å². The molecule has 230 valence electrons. The van der Waals surface area contributed by atoms with Crippen LogP contribution in [0, 0.1) is 11.6 Å². The lowest BCUT2D eigenvalue weighted by molar-refractivity contribution is -0.116. The molecule has 45 heavy (non-hydrogen) atoms. The van der Waals surface area contributed by atoms with Crippen molar-refractivity contribution in [3.05, 3.63) is 117 Å². The van der Waals surface area contributed by atoms with Crippen LogP contribution < -0.4 is 10.9 Å². The van der Waals surface area contributed by atoms with Crippen molar-refractivity contribution in [2.75, 3.05) is 20.4 Å². The van der Waals surface area contributed by atoms with E-state index in [4.69, 9.17) is 4.74 Å². The highest BCUT2D eigenvalue weighted by Gasteiger charge is 2.48. The summed E-state index contributed by atoms with van der Waals surface area (Å²) in [6.07, 6.45) is 5.19. The van der Waals surface area contributed by atoms with Crippen LogP contribution in [0.5, 0.6) is 0 Å². The van der Waals surface area contributed by atoms with Crippen LogP contribution in [0.4, 0.5) is 8.78 Å². The molecule has 1 N–H and O–H groups in total. The Morgan fingerprint density at radius 2 is 1.84 bits per heavy atom. The van der Waals surface area contributed by atoms with Crippen molar-refractivity contribution in [2.45, 2.75) is 18.9 Å². The number of carbonyl (C=O) groups excluding carboxylic acids is 1. The average molecular weight is 633 g/mol. The van der Waals surface area contributed by atoms with E-state index < -0.39 is 38.7 Å². The lowest BCUT2D eigenvalue weighted by Gasteiger charge is -2.36. The van der Waals surface area contributed by atoms with Gasteiger partial charge in [-0.1, -0.05) is 6.07 Å². The summed E-state index contributed by atoms with van der Waals surface area (Å²) in [5.41, 5.74) is -0.00941. The molecule has 0 saturated carbocycles. The van der Waals surface area contributed by atoms with Crippen molar-refractivity contribution in [1.29, 1.82) is 0 Å². The standard InChI is InChI=1S/C31H26F2N6O5S/c1-31-14-24(38(3)45(4,42)43)21(13-22(31)25(29(40)34-2)27(44-31)17-8-10-18(32)11-9-17)23-15-35-28-26(37-23)30(41)39(16-36-28)20-7-5-6-19(33)12-20/h5-13,15-16H,14H2,1-4H3,(H,34,40). The third kappa shape index (κ3) is 5.16. The van der Waals surface area contributed by atoms with Gasteiger partial charge < -0.3 is 10.1 Å². The predicted octanol–water partition coefficient (Wildman–Crippen LogP) is 3.33. The Hall–Kier alpha value is -5.24. The Balaban J connectivity index is 1.59. The first-order valence-electron chi connectivity index (χ1n) is 13.6. The van der Waals surface area contributed by atoms with E-state index in [1.54, 1.807) is 13.0 Å². The summed E-state index contributed by atoms with van der Waals surface area (Å²) < 4.78 is 62.0. The molecule has 3 heterocycles. The van der Waals surface area contributed by atoms with E-state index in [0.29, 0.717) is 11.1 Å². The highest BCUT2D eigenvalue weighted by Crippen LogP contribution is 2.51. The molecule has 2 aromatic carbocycles. The van der Waals surface area contributed by atoms with Crippen molar-refractivity contribution in [3.63, 3.8) is 0 Å². The van der Waals surface area contributed by atoms with Crippen LogP contribution in [0.2, 0.25) is 0 Å². The number of likely N-dealkylation sites (N-methyl/N-ethyl adjacent to an activating group) is 1. The summed E-state index contributed by atoms with van der Waals surface area (Å²) in [6.45, 7) is 1.72. The van der Waals surface area contributed by atoms with E-state index in [-0.39, 0.29) is 51.6 Å². The quantitative estimate of drug-likeness (QED) is 0.342. The summed E-state index contributed by atoms with van der Waals surface area (Å²) in [4.78, 5) is 39.9. The molecule has 1 amide bonds. The summed E-state index contributed by atoms with van der Waals surface area (Å²) in [6, 6.07) is 10.9. The maximum absolute atomic E-state index is 13.9. The molecule has 1 aliphatic carbocycles. The Morgan fingerprint density at radius 3 is 2.51 bits per heavy atom. The second-order valence-electron chi connectivity index (χ2n) is 10.8. The molecular weight excluding hydrogens is 606 g/mol. The molecule has 1 aliphatic heterocycles. The number of sulfonamides is 1. The van der Waals surface area contributed by atoms with Crippen LogP contribution in [-0.2, 0) is 19.6 Å².